The van der Waals surface area contributed by atoms with E-state index in [-0.39, 0.29) is 11.6 Å². The Bertz CT molecular complexity index is 766. The van der Waals surface area contributed by atoms with E-state index in [1.54, 1.807) is 24.3 Å². The summed E-state index contributed by atoms with van der Waals surface area (Å²) >= 11 is 0. The lowest BCUT2D eigenvalue weighted by molar-refractivity contribution is 0.0290. The summed E-state index contributed by atoms with van der Waals surface area (Å²) < 4.78 is 13.5. The van der Waals surface area contributed by atoms with E-state index in [1.165, 1.54) is 6.07 Å². The molecular formula is C22H27FN2O2. The molecule has 1 fully saturated rings. The van der Waals surface area contributed by atoms with Gasteiger partial charge < -0.3 is 5.11 Å². The molecule has 0 radical (unpaired) electrons. The van der Waals surface area contributed by atoms with Crippen molar-refractivity contribution in [3.8, 4) is 0 Å². The van der Waals surface area contributed by atoms with Crippen LogP contribution in [0.25, 0.3) is 0 Å². The number of carbonyl (C=O) groups excluding carboxylic acids is 1. The van der Waals surface area contributed by atoms with Crippen LogP contribution in [-0.4, -0.2) is 52.5 Å². The second-order valence-corrected chi connectivity index (χ2v) is 7.47. The van der Waals surface area contributed by atoms with Gasteiger partial charge >= 0.3 is 0 Å². The van der Waals surface area contributed by atoms with Crippen molar-refractivity contribution in [2.45, 2.75) is 39.0 Å². The average Bonchev–Trinajstić information content (AvgIpc) is 2.65. The van der Waals surface area contributed by atoms with Gasteiger partial charge in [-0.1, -0.05) is 36.4 Å². The standard InChI is InChI=1S/C22H27FN2O2/c1-16-11-24(13-18-6-8-20(9-7-18)22(27)15-26)12-17(2)25(16)14-19-4-3-5-21(23)10-19/h3-10,16-17,26H,11-15H2,1-2H3/t16-,17+. The summed E-state index contributed by atoms with van der Waals surface area (Å²) in [6, 6.07) is 15.0. The molecule has 1 saturated heterocycles. The Morgan fingerprint density at radius 3 is 2.30 bits per heavy atom. The topological polar surface area (TPSA) is 43.8 Å². The summed E-state index contributed by atoms with van der Waals surface area (Å²) in [5.74, 6) is -0.440. The van der Waals surface area contributed by atoms with Crippen molar-refractivity contribution >= 4 is 5.78 Å². The molecule has 2 aromatic carbocycles. The second-order valence-electron chi connectivity index (χ2n) is 7.47. The molecule has 2 aromatic rings. The van der Waals surface area contributed by atoms with E-state index in [0.29, 0.717) is 17.6 Å². The highest BCUT2D eigenvalue weighted by molar-refractivity contribution is 5.96. The number of halogens is 1. The van der Waals surface area contributed by atoms with Gasteiger partial charge in [0.25, 0.3) is 0 Å². The molecule has 5 heteroatoms. The summed E-state index contributed by atoms with van der Waals surface area (Å²) in [5, 5.41) is 8.94. The molecule has 2 atom stereocenters. The fourth-order valence-corrected chi connectivity index (χ4v) is 3.90. The Morgan fingerprint density at radius 2 is 1.70 bits per heavy atom. The zero-order valence-corrected chi connectivity index (χ0v) is 15.9. The monoisotopic (exact) mass is 370 g/mol. The largest absolute Gasteiger partial charge is 0.388 e. The Hall–Kier alpha value is -2.08. The first kappa shape index (κ1) is 19.7. The predicted molar refractivity (Wildman–Crippen MR) is 104 cm³/mol. The molecule has 0 unspecified atom stereocenters. The fraction of sp³-hybridized carbons (Fsp3) is 0.409. The van der Waals surface area contributed by atoms with Crippen molar-refractivity contribution in [3.63, 3.8) is 0 Å². The van der Waals surface area contributed by atoms with Crippen LogP contribution in [0.3, 0.4) is 0 Å². The maximum atomic E-state index is 13.5. The Labute approximate surface area is 160 Å². The molecule has 1 heterocycles. The Morgan fingerprint density at radius 1 is 1.04 bits per heavy atom. The van der Waals surface area contributed by atoms with Gasteiger partial charge in [-0.3, -0.25) is 14.6 Å². The van der Waals surface area contributed by atoms with Gasteiger partial charge in [0.05, 0.1) is 0 Å². The summed E-state index contributed by atoms with van der Waals surface area (Å²) in [6.45, 7) is 7.44. The molecule has 3 rings (SSSR count). The summed E-state index contributed by atoms with van der Waals surface area (Å²) in [5.41, 5.74) is 2.71. The first-order valence-electron chi connectivity index (χ1n) is 9.42. The Balaban J connectivity index is 1.60. The minimum absolute atomic E-state index is 0.186. The van der Waals surface area contributed by atoms with Crippen LogP contribution in [0.1, 0.15) is 35.3 Å². The molecule has 0 saturated carbocycles. The molecular weight excluding hydrogens is 343 g/mol. The molecule has 0 aliphatic carbocycles. The quantitative estimate of drug-likeness (QED) is 0.794. The van der Waals surface area contributed by atoms with Crippen molar-refractivity contribution < 1.29 is 14.3 Å². The van der Waals surface area contributed by atoms with Crippen molar-refractivity contribution in [1.82, 2.24) is 9.80 Å². The van der Waals surface area contributed by atoms with Crippen LogP contribution < -0.4 is 0 Å². The van der Waals surface area contributed by atoms with E-state index in [2.05, 4.69) is 23.6 Å². The predicted octanol–water partition coefficient (Wildman–Crippen LogP) is 3.10. The van der Waals surface area contributed by atoms with Crippen LogP contribution in [0.15, 0.2) is 48.5 Å². The number of hydrogen-bond donors (Lipinski definition) is 1. The molecule has 1 aliphatic rings. The van der Waals surface area contributed by atoms with Gasteiger partial charge in [-0.15, -0.1) is 0 Å². The number of ketones is 1. The normalized spacial score (nSPS) is 21.3. The van der Waals surface area contributed by atoms with Crippen LogP contribution in [0.4, 0.5) is 4.39 Å². The lowest BCUT2D eigenvalue weighted by Gasteiger charge is -2.44. The number of benzene rings is 2. The molecule has 0 amide bonds. The molecule has 27 heavy (non-hydrogen) atoms. The van der Waals surface area contributed by atoms with Crippen molar-refractivity contribution in [2.75, 3.05) is 19.7 Å². The lowest BCUT2D eigenvalue weighted by atomic mass is 10.0. The number of aliphatic hydroxyl groups excluding tert-OH is 1. The SMILES string of the molecule is C[C@@H]1CN(Cc2ccc(C(=O)CO)cc2)C[C@H](C)N1Cc1cccc(F)c1. The average molecular weight is 370 g/mol. The zero-order valence-electron chi connectivity index (χ0n) is 15.9. The van der Waals surface area contributed by atoms with Gasteiger partial charge in [0, 0.05) is 43.8 Å². The first-order valence-corrected chi connectivity index (χ1v) is 9.42. The maximum Gasteiger partial charge on any atom is 0.188 e. The first-order chi connectivity index (χ1) is 13.0. The summed E-state index contributed by atoms with van der Waals surface area (Å²) in [6.07, 6.45) is 0. The third kappa shape index (κ3) is 5.01. The van der Waals surface area contributed by atoms with Crippen LogP contribution in [0.2, 0.25) is 0 Å². The van der Waals surface area contributed by atoms with E-state index in [4.69, 9.17) is 5.11 Å². The molecule has 144 valence electrons. The van der Waals surface area contributed by atoms with Crippen LogP contribution in [0, 0.1) is 5.82 Å². The van der Waals surface area contributed by atoms with E-state index >= 15 is 0 Å². The summed E-state index contributed by atoms with van der Waals surface area (Å²) in [7, 11) is 0. The van der Waals surface area contributed by atoms with E-state index in [1.807, 2.05) is 18.2 Å². The van der Waals surface area contributed by atoms with Crippen LogP contribution >= 0.6 is 0 Å². The number of hydrogen-bond acceptors (Lipinski definition) is 4. The number of rotatable bonds is 6. The van der Waals surface area contributed by atoms with Gasteiger partial charge in [0.2, 0.25) is 0 Å². The van der Waals surface area contributed by atoms with Gasteiger partial charge in [0.1, 0.15) is 12.4 Å². The Kier molecular flexibility index (Phi) is 6.37. The number of nitrogens with zero attached hydrogens (tertiary/aromatic N) is 2. The van der Waals surface area contributed by atoms with E-state index < -0.39 is 6.61 Å². The minimum atomic E-state index is -0.457. The van der Waals surface area contributed by atoms with Gasteiger partial charge in [-0.2, -0.15) is 0 Å². The number of carbonyl (C=O) groups is 1. The highest BCUT2D eigenvalue weighted by Crippen LogP contribution is 2.21. The van der Waals surface area contributed by atoms with Crippen molar-refractivity contribution in [3.05, 3.63) is 71.0 Å². The third-order valence-electron chi connectivity index (χ3n) is 5.26. The molecule has 1 N–H and O–H groups in total. The van der Waals surface area contributed by atoms with E-state index in [9.17, 15) is 9.18 Å². The van der Waals surface area contributed by atoms with Crippen LogP contribution in [-0.2, 0) is 13.1 Å². The minimum Gasteiger partial charge on any atom is -0.388 e. The number of piperazine rings is 1. The third-order valence-corrected chi connectivity index (χ3v) is 5.26. The smallest absolute Gasteiger partial charge is 0.188 e. The lowest BCUT2D eigenvalue weighted by Crippen LogP contribution is -2.55. The van der Waals surface area contributed by atoms with Gasteiger partial charge in [0.15, 0.2) is 5.78 Å². The maximum absolute atomic E-state index is 13.5. The molecule has 1 aliphatic heterocycles. The summed E-state index contributed by atoms with van der Waals surface area (Å²) in [4.78, 5) is 16.4. The molecule has 4 nitrogen and oxygen atoms in total. The number of aliphatic hydroxyl groups is 1. The van der Waals surface area contributed by atoms with Crippen molar-refractivity contribution in [1.29, 1.82) is 0 Å². The van der Waals surface area contributed by atoms with Crippen molar-refractivity contribution in [2.24, 2.45) is 0 Å². The molecule has 0 bridgehead atoms. The van der Waals surface area contributed by atoms with E-state index in [0.717, 1.165) is 37.3 Å². The fourth-order valence-electron chi connectivity index (χ4n) is 3.90. The van der Waals surface area contributed by atoms with Gasteiger partial charge in [-0.05, 0) is 37.1 Å². The van der Waals surface area contributed by atoms with Crippen LogP contribution in [0.5, 0.6) is 0 Å². The highest BCUT2D eigenvalue weighted by atomic mass is 19.1. The zero-order chi connectivity index (χ0) is 19.4. The highest BCUT2D eigenvalue weighted by Gasteiger charge is 2.29. The molecule has 0 aromatic heterocycles. The number of Topliss-reactive ketones (excluding diaryl/α,β-unsaturated/α-hetero) is 1. The van der Waals surface area contributed by atoms with Gasteiger partial charge in [-0.25, -0.2) is 4.39 Å². The molecule has 0 spiro atoms. The second kappa shape index (κ2) is 8.74.